The SMILES string of the molecule is CCc1cc(C2(C(=O)OC)CC2)cnc1-c1nc2cc(C)cnc2n1C.COC(=O)C1(c2cnc(-c3nc4cc(C)cnc4n3C)c(C)c2)CC1.O=S=O. The molecule has 0 spiro atoms. The molecule has 6 aromatic rings. The van der Waals surface area contributed by atoms with Crippen LogP contribution in [0.1, 0.15) is 66.0 Å². The van der Waals surface area contributed by atoms with Crippen LogP contribution in [0.3, 0.4) is 0 Å². The second-order valence-corrected chi connectivity index (χ2v) is 14.0. The van der Waals surface area contributed by atoms with E-state index in [0.717, 1.165) is 111 Å². The molecule has 0 saturated heterocycles. The molecular weight excluding hydrogens is 709 g/mol. The molecule has 280 valence electrons. The van der Waals surface area contributed by atoms with E-state index in [9.17, 15) is 9.59 Å². The fourth-order valence-corrected chi connectivity index (χ4v) is 6.95. The molecule has 15 heteroatoms. The van der Waals surface area contributed by atoms with Crippen LogP contribution < -0.4 is 0 Å². The molecule has 0 N–H and O–H groups in total. The van der Waals surface area contributed by atoms with Crippen molar-refractivity contribution in [2.24, 2.45) is 14.1 Å². The van der Waals surface area contributed by atoms with Gasteiger partial charge in [0.05, 0.1) is 25.0 Å². The second kappa shape index (κ2) is 15.0. The molecular formula is C39H42N8O6S. The van der Waals surface area contributed by atoms with Crippen molar-refractivity contribution >= 4 is 45.8 Å². The molecule has 6 aromatic heterocycles. The molecule has 0 unspecified atom stereocenters. The van der Waals surface area contributed by atoms with Crippen molar-refractivity contribution in [2.45, 2.75) is 70.6 Å². The van der Waals surface area contributed by atoms with Crippen LogP contribution in [0.25, 0.3) is 45.4 Å². The van der Waals surface area contributed by atoms with E-state index >= 15 is 0 Å². The van der Waals surface area contributed by atoms with Gasteiger partial charge in [-0.05, 0) is 98.4 Å². The zero-order valence-electron chi connectivity index (χ0n) is 31.6. The molecule has 0 aliphatic heterocycles. The average Bonchev–Trinajstić information content (AvgIpc) is 4.10. The van der Waals surface area contributed by atoms with Gasteiger partial charge in [-0.1, -0.05) is 19.1 Å². The highest BCUT2D eigenvalue weighted by molar-refractivity contribution is 7.51. The Kier molecular flexibility index (Phi) is 10.5. The Morgan fingerprint density at radius 1 is 0.685 bits per heavy atom. The number of hydrogen-bond acceptors (Lipinski definition) is 12. The lowest BCUT2D eigenvalue weighted by Crippen LogP contribution is -2.22. The maximum atomic E-state index is 12.2. The third-order valence-electron chi connectivity index (χ3n) is 10.3. The fourth-order valence-electron chi connectivity index (χ4n) is 6.95. The van der Waals surface area contributed by atoms with Crippen LogP contribution in [-0.4, -0.2) is 73.6 Å². The molecule has 0 bridgehead atoms. The number of nitrogens with zero attached hydrogens (tertiary/aromatic N) is 8. The predicted molar refractivity (Wildman–Crippen MR) is 202 cm³/mol. The van der Waals surface area contributed by atoms with Gasteiger partial charge in [0, 0.05) is 38.9 Å². The summed E-state index contributed by atoms with van der Waals surface area (Å²) in [4.78, 5) is 52.0. The molecule has 2 aliphatic carbocycles. The number of carbonyl (C=O) groups excluding carboxylic acids is 2. The molecule has 54 heavy (non-hydrogen) atoms. The molecule has 2 aliphatic rings. The number of methoxy groups -OCH3 is 2. The Morgan fingerprint density at radius 3 is 1.52 bits per heavy atom. The number of fused-ring (bicyclic) bond motifs is 2. The first-order valence-electron chi connectivity index (χ1n) is 17.5. The summed E-state index contributed by atoms with van der Waals surface area (Å²) in [5.74, 6) is 1.23. The van der Waals surface area contributed by atoms with Crippen molar-refractivity contribution in [3.8, 4) is 23.0 Å². The van der Waals surface area contributed by atoms with Crippen LogP contribution in [-0.2, 0) is 62.0 Å². The Bertz CT molecular complexity index is 2460. The smallest absolute Gasteiger partial charge is 0.335 e. The van der Waals surface area contributed by atoms with Crippen LogP contribution in [0, 0.1) is 20.8 Å². The molecule has 8 rings (SSSR count). The van der Waals surface area contributed by atoms with E-state index in [0.29, 0.717) is 0 Å². The summed E-state index contributed by atoms with van der Waals surface area (Å²) in [5.41, 5.74) is 10.1. The number of imidazole rings is 2. The van der Waals surface area contributed by atoms with E-state index in [4.69, 9.17) is 32.8 Å². The topological polar surface area (TPSA) is 174 Å². The Balaban J connectivity index is 0.000000172. The van der Waals surface area contributed by atoms with Crippen molar-refractivity contribution in [1.29, 1.82) is 0 Å². The van der Waals surface area contributed by atoms with Crippen molar-refractivity contribution in [1.82, 2.24) is 39.0 Å². The number of aromatic nitrogens is 8. The van der Waals surface area contributed by atoms with Crippen LogP contribution in [0.15, 0.2) is 49.1 Å². The van der Waals surface area contributed by atoms with E-state index in [1.807, 2.05) is 74.6 Å². The van der Waals surface area contributed by atoms with Gasteiger partial charge in [0.1, 0.15) is 22.4 Å². The summed E-state index contributed by atoms with van der Waals surface area (Å²) in [6.07, 6.45) is 11.3. The number of hydrogen-bond donors (Lipinski definition) is 0. The minimum atomic E-state index is -0.750. The van der Waals surface area contributed by atoms with Gasteiger partial charge in [-0.25, -0.2) is 19.9 Å². The van der Waals surface area contributed by atoms with Gasteiger partial charge in [-0.15, -0.1) is 0 Å². The van der Waals surface area contributed by atoms with E-state index in [-0.39, 0.29) is 11.9 Å². The number of pyridine rings is 4. The summed E-state index contributed by atoms with van der Waals surface area (Å²) in [6, 6.07) is 8.17. The van der Waals surface area contributed by atoms with Crippen molar-refractivity contribution < 1.29 is 27.5 Å². The lowest BCUT2D eigenvalue weighted by molar-refractivity contribution is -0.144. The first-order valence-corrected chi connectivity index (χ1v) is 18.2. The van der Waals surface area contributed by atoms with Gasteiger partial charge in [0.2, 0.25) is 0 Å². The van der Waals surface area contributed by atoms with Crippen LogP contribution in [0.5, 0.6) is 0 Å². The van der Waals surface area contributed by atoms with E-state index in [2.05, 4.69) is 27.9 Å². The average molecular weight is 751 g/mol. The summed E-state index contributed by atoms with van der Waals surface area (Å²) in [7, 11) is 6.78. The number of ether oxygens (including phenoxy) is 2. The minimum Gasteiger partial charge on any atom is -0.468 e. The first-order chi connectivity index (χ1) is 25.9. The Morgan fingerprint density at radius 2 is 1.11 bits per heavy atom. The van der Waals surface area contributed by atoms with Crippen molar-refractivity contribution in [3.05, 3.63) is 82.4 Å². The van der Waals surface area contributed by atoms with Crippen LogP contribution in [0.2, 0.25) is 0 Å². The predicted octanol–water partition coefficient (Wildman–Crippen LogP) is 5.29. The fraction of sp³-hybridized carbons (Fsp3) is 0.385. The van der Waals surface area contributed by atoms with Crippen LogP contribution >= 0.6 is 0 Å². The Labute approximate surface area is 316 Å². The van der Waals surface area contributed by atoms with Gasteiger partial charge in [-0.3, -0.25) is 19.6 Å². The third kappa shape index (κ3) is 6.79. The standard InChI is InChI=1S/C20H22N4O2.C19H20N4O2.O2S/c1-5-13-9-14(20(6-7-20)19(25)26-4)11-21-16(13)18-23-15-8-12(2)10-22-17(15)24(18)3;1-11-7-14-16(21-9-11)23(3)17(22-14)15-12(2)8-13(10-20-15)19(5-6-19)18(24)25-4;1-3-2/h8-11H,5-7H2,1-4H3;7-10H,5-6H2,1-4H3;. The maximum Gasteiger partial charge on any atom is 0.335 e. The molecule has 2 saturated carbocycles. The van der Waals surface area contributed by atoms with Gasteiger partial charge in [0.25, 0.3) is 0 Å². The van der Waals surface area contributed by atoms with Gasteiger partial charge in [0.15, 0.2) is 22.9 Å². The molecule has 0 aromatic carbocycles. The number of esters is 2. The van der Waals surface area contributed by atoms with E-state index in [1.54, 1.807) is 12.4 Å². The van der Waals surface area contributed by atoms with E-state index < -0.39 is 22.4 Å². The zero-order valence-corrected chi connectivity index (χ0v) is 32.4. The van der Waals surface area contributed by atoms with Crippen LogP contribution in [0.4, 0.5) is 0 Å². The maximum absolute atomic E-state index is 12.2. The second-order valence-electron chi connectivity index (χ2n) is 13.9. The summed E-state index contributed by atoms with van der Waals surface area (Å²) in [6.45, 7) is 8.10. The zero-order chi connectivity index (χ0) is 38.9. The minimum absolute atomic E-state index is 0.170. The summed E-state index contributed by atoms with van der Waals surface area (Å²) >= 11 is -0.750. The summed E-state index contributed by atoms with van der Waals surface area (Å²) < 4.78 is 30.5. The molecule has 14 nitrogen and oxygen atoms in total. The number of rotatable bonds is 7. The quantitative estimate of drug-likeness (QED) is 0.193. The van der Waals surface area contributed by atoms with Crippen molar-refractivity contribution in [2.75, 3.05) is 14.2 Å². The molecule has 0 atom stereocenters. The first kappa shape index (κ1) is 38.0. The highest BCUT2D eigenvalue weighted by Gasteiger charge is 2.53. The lowest BCUT2D eigenvalue weighted by Gasteiger charge is -2.15. The lowest BCUT2D eigenvalue weighted by atomic mass is 9.95. The van der Waals surface area contributed by atoms with Crippen molar-refractivity contribution in [3.63, 3.8) is 0 Å². The largest absolute Gasteiger partial charge is 0.468 e. The number of aryl methyl sites for hydroxylation is 6. The Hall–Kier alpha value is -5.70. The van der Waals surface area contributed by atoms with Gasteiger partial charge < -0.3 is 18.6 Å². The molecule has 0 amide bonds. The highest BCUT2D eigenvalue weighted by Crippen LogP contribution is 2.50. The monoisotopic (exact) mass is 750 g/mol. The van der Waals surface area contributed by atoms with Gasteiger partial charge in [-0.2, -0.15) is 8.42 Å². The normalized spacial score (nSPS) is 14.7. The summed E-state index contributed by atoms with van der Waals surface area (Å²) in [5, 5.41) is 0. The molecule has 2 fully saturated rings. The highest BCUT2D eigenvalue weighted by atomic mass is 32.1. The molecule has 6 heterocycles. The molecule has 0 radical (unpaired) electrons. The van der Waals surface area contributed by atoms with Gasteiger partial charge >= 0.3 is 23.5 Å². The van der Waals surface area contributed by atoms with E-state index in [1.165, 1.54) is 14.2 Å². The third-order valence-corrected chi connectivity index (χ3v) is 10.3. The number of carbonyl (C=O) groups is 2.